The van der Waals surface area contributed by atoms with Crippen molar-refractivity contribution in [3.05, 3.63) is 22.8 Å². The molecule has 0 unspecified atom stereocenters. The molecule has 0 atom stereocenters. The van der Waals surface area contributed by atoms with E-state index in [1.165, 1.54) is 0 Å². The lowest BCUT2D eigenvalue weighted by Crippen LogP contribution is -2.20. The monoisotopic (exact) mass is 212 g/mol. The minimum Gasteiger partial charge on any atom is -0.481 e. The number of aromatic nitrogens is 1. The maximum atomic E-state index is 5.79. The summed E-state index contributed by atoms with van der Waals surface area (Å²) in [5.41, 5.74) is 6.94. The Morgan fingerprint density at radius 3 is 2.79 bits per heavy atom. The number of pyridine rings is 1. The van der Waals surface area contributed by atoms with Gasteiger partial charge in [-0.3, -0.25) is 0 Å². The van der Waals surface area contributed by atoms with Gasteiger partial charge in [-0.25, -0.2) is 4.98 Å². The smallest absolute Gasteiger partial charge is 0.218 e. The third-order valence-corrected chi connectivity index (χ3v) is 3.05. The van der Waals surface area contributed by atoms with Gasteiger partial charge in [0.05, 0.1) is 7.11 Å². The van der Waals surface area contributed by atoms with E-state index in [0.717, 1.165) is 18.4 Å². The van der Waals surface area contributed by atoms with Crippen molar-refractivity contribution in [3.63, 3.8) is 0 Å². The second kappa shape index (κ2) is 3.41. The van der Waals surface area contributed by atoms with Gasteiger partial charge in [0.2, 0.25) is 5.88 Å². The Bertz CT molecular complexity index is 350. The largest absolute Gasteiger partial charge is 0.481 e. The molecular formula is C10H13ClN2O. The molecule has 1 aromatic rings. The van der Waals surface area contributed by atoms with Crippen molar-refractivity contribution in [3.8, 4) is 5.88 Å². The van der Waals surface area contributed by atoms with Gasteiger partial charge in [0.1, 0.15) is 5.15 Å². The van der Waals surface area contributed by atoms with Crippen LogP contribution in [0.5, 0.6) is 5.88 Å². The molecule has 1 heterocycles. The third-order valence-electron chi connectivity index (χ3n) is 2.84. The van der Waals surface area contributed by atoms with Crippen LogP contribution in [0.3, 0.4) is 0 Å². The van der Waals surface area contributed by atoms with Crippen molar-refractivity contribution in [1.82, 2.24) is 4.98 Å². The molecule has 0 saturated heterocycles. The Labute approximate surface area is 88.2 Å². The van der Waals surface area contributed by atoms with Gasteiger partial charge in [0.25, 0.3) is 0 Å². The van der Waals surface area contributed by atoms with E-state index in [4.69, 9.17) is 22.1 Å². The highest BCUT2D eigenvalue weighted by molar-refractivity contribution is 6.29. The molecule has 0 bridgehead atoms. The number of ether oxygens (including phenoxy) is 1. The number of hydrogen-bond acceptors (Lipinski definition) is 3. The van der Waals surface area contributed by atoms with Gasteiger partial charge in [0.15, 0.2) is 0 Å². The first-order valence-corrected chi connectivity index (χ1v) is 5.01. The summed E-state index contributed by atoms with van der Waals surface area (Å²) >= 11 is 5.79. The fraction of sp³-hybridized carbons (Fsp3) is 0.500. The Balaban J connectivity index is 2.42. The Morgan fingerprint density at radius 1 is 1.57 bits per heavy atom. The molecule has 3 nitrogen and oxygen atoms in total. The molecule has 0 radical (unpaired) electrons. The molecule has 76 valence electrons. The third kappa shape index (κ3) is 1.47. The molecule has 0 aromatic carbocycles. The zero-order valence-corrected chi connectivity index (χ0v) is 8.84. The number of nitrogens with two attached hydrogens (primary N) is 1. The predicted molar refractivity (Wildman–Crippen MR) is 55.8 cm³/mol. The van der Waals surface area contributed by atoms with Gasteiger partial charge in [-0.15, -0.1) is 0 Å². The minimum atomic E-state index is 0.100. The first-order valence-electron chi connectivity index (χ1n) is 4.63. The molecule has 4 heteroatoms. The van der Waals surface area contributed by atoms with Crippen molar-refractivity contribution in [2.45, 2.75) is 18.3 Å². The summed E-state index contributed by atoms with van der Waals surface area (Å²) in [5.74, 6) is 0.612. The van der Waals surface area contributed by atoms with Crippen LogP contribution in [0.15, 0.2) is 12.1 Å². The molecule has 14 heavy (non-hydrogen) atoms. The van der Waals surface area contributed by atoms with Crippen LogP contribution in [0.25, 0.3) is 0 Å². The summed E-state index contributed by atoms with van der Waals surface area (Å²) in [6, 6.07) is 3.75. The van der Waals surface area contributed by atoms with Crippen molar-refractivity contribution in [2.24, 2.45) is 5.73 Å². The summed E-state index contributed by atoms with van der Waals surface area (Å²) < 4.78 is 5.20. The summed E-state index contributed by atoms with van der Waals surface area (Å²) in [6.07, 6.45) is 2.23. The topological polar surface area (TPSA) is 48.1 Å². The van der Waals surface area contributed by atoms with Gasteiger partial charge in [-0.1, -0.05) is 11.6 Å². The first-order chi connectivity index (χ1) is 6.72. The molecule has 0 spiro atoms. The normalized spacial score (nSPS) is 17.9. The Hall–Kier alpha value is -0.800. The molecule has 1 aliphatic carbocycles. The quantitative estimate of drug-likeness (QED) is 0.777. The zero-order chi connectivity index (χ0) is 10.2. The number of nitrogens with zero attached hydrogens (tertiary/aromatic N) is 1. The molecule has 0 aliphatic heterocycles. The Morgan fingerprint density at radius 2 is 2.29 bits per heavy atom. The molecule has 1 aromatic heterocycles. The van der Waals surface area contributed by atoms with Gasteiger partial charge in [-0.2, -0.15) is 0 Å². The van der Waals surface area contributed by atoms with E-state index >= 15 is 0 Å². The average Bonchev–Trinajstić information content (AvgIpc) is 2.98. The van der Waals surface area contributed by atoms with Crippen LogP contribution in [0.2, 0.25) is 5.15 Å². The van der Waals surface area contributed by atoms with E-state index in [0.29, 0.717) is 17.6 Å². The maximum absolute atomic E-state index is 5.79. The predicted octanol–water partition coefficient (Wildman–Crippen LogP) is 1.73. The van der Waals surface area contributed by atoms with Crippen LogP contribution < -0.4 is 10.5 Å². The van der Waals surface area contributed by atoms with Crippen molar-refractivity contribution in [1.29, 1.82) is 0 Å². The van der Waals surface area contributed by atoms with Crippen molar-refractivity contribution in [2.75, 3.05) is 13.7 Å². The lowest BCUT2D eigenvalue weighted by atomic mass is 9.97. The van der Waals surface area contributed by atoms with E-state index in [-0.39, 0.29) is 5.41 Å². The zero-order valence-electron chi connectivity index (χ0n) is 8.09. The molecule has 0 amide bonds. The summed E-state index contributed by atoms with van der Waals surface area (Å²) in [4.78, 5) is 4.13. The van der Waals surface area contributed by atoms with Crippen LogP contribution in [0.4, 0.5) is 0 Å². The molecule has 2 rings (SSSR count). The van der Waals surface area contributed by atoms with Crippen LogP contribution in [-0.2, 0) is 5.41 Å². The number of rotatable bonds is 3. The van der Waals surface area contributed by atoms with E-state index in [1.54, 1.807) is 13.2 Å². The van der Waals surface area contributed by atoms with Gasteiger partial charge in [0, 0.05) is 17.5 Å². The number of halogens is 1. The fourth-order valence-corrected chi connectivity index (χ4v) is 1.85. The molecule has 1 saturated carbocycles. The van der Waals surface area contributed by atoms with E-state index in [9.17, 15) is 0 Å². The summed E-state index contributed by atoms with van der Waals surface area (Å²) in [7, 11) is 1.61. The van der Waals surface area contributed by atoms with Crippen LogP contribution in [0.1, 0.15) is 18.4 Å². The van der Waals surface area contributed by atoms with Gasteiger partial charge >= 0.3 is 0 Å². The second-order valence-electron chi connectivity index (χ2n) is 3.68. The second-order valence-corrected chi connectivity index (χ2v) is 4.06. The minimum absolute atomic E-state index is 0.100. The molecular weight excluding hydrogens is 200 g/mol. The van der Waals surface area contributed by atoms with Gasteiger partial charge < -0.3 is 10.5 Å². The van der Waals surface area contributed by atoms with E-state index < -0.39 is 0 Å². The number of methoxy groups -OCH3 is 1. The lowest BCUT2D eigenvalue weighted by Gasteiger charge is -2.15. The lowest BCUT2D eigenvalue weighted by molar-refractivity contribution is 0.387. The standard InChI is InChI=1S/C10H13ClN2O/c1-14-9-7(2-3-8(11)13-9)10(6-12)4-5-10/h2-3H,4-6,12H2,1H3. The number of hydrogen-bond donors (Lipinski definition) is 1. The van der Waals surface area contributed by atoms with Crippen LogP contribution in [0, 0.1) is 0 Å². The molecule has 1 fully saturated rings. The maximum Gasteiger partial charge on any atom is 0.218 e. The highest BCUT2D eigenvalue weighted by Crippen LogP contribution is 2.50. The van der Waals surface area contributed by atoms with Crippen LogP contribution in [-0.4, -0.2) is 18.6 Å². The highest BCUT2D eigenvalue weighted by Gasteiger charge is 2.45. The molecule has 2 N–H and O–H groups in total. The summed E-state index contributed by atoms with van der Waals surface area (Å²) in [6.45, 7) is 0.646. The van der Waals surface area contributed by atoms with Crippen molar-refractivity contribution >= 4 is 11.6 Å². The molecule has 1 aliphatic rings. The first kappa shape index (κ1) is 9.74. The summed E-state index contributed by atoms with van der Waals surface area (Å²) in [5, 5.41) is 0.457. The fourth-order valence-electron chi connectivity index (χ4n) is 1.71. The van der Waals surface area contributed by atoms with E-state index in [1.807, 2.05) is 6.07 Å². The average molecular weight is 213 g/mol. The van der Waals surface area contributed by atoms with E-state index in [2.05, 4.69) is 4.98 Å². The van der Waals surface area contributed by atoms with Crippen LogP contribution >= 0.6 is 11.6 Å². The van der Waals surface area contributed by atoms with Gasteiger partial charge in [-0.05, 0) is 25.0 Å². The Kier molecular flexibility index (Phi) is 2.37. The van der Waals surface area contributed by atoms with Crippen molar-refractivity contribution < 1.29 is 4.74 Å². The highest BCUT2D eigenvalue weighted by atomic mass is 35.5. The SMILES string of the molecule is COc1nc(Cl)ccc1C1(CN)CC1.